The van der Waals surface area contributed by atoms with Gasteiger partial charge >= 0.3 is 0 Å². The number of H-pyrrole nitrogens is 1. The molecule has 37 heavy (non-hydrogen) atoms. The van der Waals surface area contributed by atoms with E-state index in [9.17, 15) is 9.59 Å². The van der Waals surface area contributed by atoms with Crippen LogP contribution in [0.15, 0.2) is 66.5 Å². The SMILES string of the molecule is C=C/C=C\C1=C(C)NC(=O)C12Cc1cc3nc(Cn4cc5c6c(cc(C)cc64)NC(=O)C5)[nH]c3cc1C2. The molecule has 2 aromatic carbocycles. The summed E-state index contributed by atoms with van der Waals surface area (Å²) in [5.41, 5.74) is 9.77. The fourth-order valence-corrected chi connectivity index (χ4v) is 6.50. The summed E-state index contributed by atoms with van der Waals surface area (Å²) in [7, 11) is 0. The zero-order valence-corrected chi connectivity index (χ0v) is 20.9. The summed E-state index contributed by atoms with van der Waals surface area (Å²) >= 11 is 0. The summed E-state index contributed by atoms with van der Waals surface area (Å²) in [6, 6.07) is 8.48. The first-order valence-corrected chi connectivity index (χ1v) is 12.6. The maximum absolute atomic E-state index is 13.1. The predicted octanol–water partition coefficient (Wildman–Crippen LogP) is 4.60. The third-order valence-corrected chi connectivity index (χ3v) is 8.04. The summed E-state index contributed by atoms with van der Waals surface area (Å²) in [6.45, 7) is 8.37. The summed E-state index contributed by atoms with van der Waals surface area (Å²) in [4.78, 5) is 33.7. The van der Waals surface area contributed by atoms with Gasteiger partial charge in [-0.1, -0.05) is 24.8 Å². The Balaban J connectivity index is 1.24. The summed E-state index contributed by atoms with van der Waals surface area (Å²) in [5.74, 6) is 0.956. The minimum atomic E-state index is -0.568. The maximum Gasteiger partial charge on any atom is 0.235 e. The molecule has 0 fully saturated rings. The Hall–Kier alpha value is -4.39. The lowest BCUT2D eigenvalue weighted by molar-refractivity contribution is -0.126. The van der Waals surface area contributed by atoms with Gasteiger partial charge in [0.25, 0.3) is 0 Å². The number of hydrogen-bond donors (Lipinski definition) is 3. The molecule has 7 rings (SSSR count). The fourth-order valence-electron chi connectivity index (χ4n) is 6.50. The quantitative estimate of drug-likeness (QED) is 0.366. The molecule has 1 atom stereocenters. The molecule has 1 unspecified atom stereocenters. The number of nitrogens with one attached hydrogen (secondary N) is 3. The molecule has 0 saturated carbocycles. The number of aryl methyl sites for hydroxylation is 1. The van der Waals surface area contributed by atoms with Crippen molar-refractivity contribution in [3.8, 4) is 0 Å². The van der Waals surface area contributed by atoms with Crippen LogP contribution >= 0.6 is 0 Å². The number of imidazole rings is 1. The highest BCUT2D eigenvalue weighted by Crippen LogP contribution is 2.48. The molecule has 0 saturated heterocycles. The average molecular weight is 490 g/mol. The Morgan fingerprint density at radius 1 is 1.08 bits per heavy atom. The van der Waals surface area contributed by atoms with Crippen molar-refractivity contribution in [3.63, 3.8) is 0 Å². The van der Waals surface area contributed by atoms with E-state index in [0.717, 1.165) is 55.8 Å². The van der Waals surface area contributed by atoms with E-state index >= 15 is 0 Å². The van der Waals surface area contributed by atoms with Crippen molar-refractivity contribution in [1.29, 1.82) is 0 Å². The second-order valence-electron chi connectivity index (χ2n) is 10.6. The second-order valence-corrected chi connectivity index (χ2v) is 10.6. The van der Waals surface area contributed by atoms with Gasteiger partial charge in [-0.15, -0.1) is 0 Å². The largest absolute Gasteiger partial charge is 0.340 e. The lowest BCUT2D eigenvalue weighted by Crippen LogP contribution is -2.34. The van der Waals surface area contributed by atoms with Crippen LogP contribution in [0, 0.1) is 12.3 Å². The number of aromatic nitrogens is 3. The third kappa shape index (κ3) is 3.16. The Bertz CT molecular complexity index is 1720. The highest BCUT2D eigenvalue weighted by molar-refractivity contribution is 6.09. The first-order valence-electron chi connectivity index (χ1n) is 12.6. The van der Waals surface area contributed by atoms with Gasteiger partial charge in [-0.2, -0.15) is 0 Å². The van der Waals surface area contributed by atoms with Crippen LogP contribution in [0.1, 0.15) is 35.0 Å². The van der Waals surface area contributed by atoms with Gasteiger partial charge in [-0.25, -0.2) is 4.98 Å². The number of carbonyl (C=O) groups is 2. The van der Waals surface area contributed by atoms with E-state index in [2.05, 4.69) is 51.2 Å². The lowest BCUT2D eigenvalue weighted by Gasteiger charge is -2.22. The number of allylic oxidation sites excluding steroid dienone is 4. The van der Waals surface area contributed by atoms with Crippen molar-refractivity contribution in [3.05, 3.63) is 94.6 Å². The van der Waals surface area contributed by atoms with E-state index < -0.39 is 5.41 Å². The number of amides is 2. The van der Waals surface area contributed by atoms with Gasteiger partial charge < -0.3 is 20.2 Å². The van der Waals surface area contributed by atoms with E-state index in [1.165, 1.54) is 11.1 Å². The zero-order chi connectivity index (χ0) is 25.5. The predicted molar refractivity (Wildman–Crippen MR) is 144 cm³/mol. The van der Waals surface area contributed by atoms with Crippen molar-refractivity contribution in [1.82, 2.24) is 19.9 Å². The van der Waals surface area contributed by atoms with Crippen molar-refractivity contribution >= 4 is 39.4 Å². The molecule has 1 aliphatic carbocycles. The molecular formula is C30H27N5O2. The van der Waals surface area contributed by atoms with Gasteiger partial charge in [0.2, 0.25) is 11.8 Å². The number of benzene rings is 2. The van der Waals surface area contributed by atoms with Crippen LogP contribution in [-0.4, -0.2) is 26.3 Å². The van der Waals surface area contributed by atoms with Gasteiger partial charge in [0.15, 0.2) is 0 Å². The molecule has 3 N–H and O–H groups in total. The average Bonchev–Trinajstić information content (AvgIpc) is 3.55. The van der Waals surface area contributed by atoms with Crippen LogP contribution in [0.5, 0.6) is 0 Å². The van der Waals surface area contributed by atoms with Gasteiger partial charge in [0, 0.05) is 17.3 Å². The number of aromatic amines is 1. The first-order chi connectivity index (χ1) is 17.8. The molecular weight excluding hydrogens is 462 g/mol. The van der Waals surface area contributed by atoms with E-state index in [1.807, 2.05) is 32.1 Å². The molecule has 2 aromatic heterocycles. The van der Waals surface area contributed by atoms with Crippen molar-refractivity contribution in [2.24, 2.45) is 5.41 Å². The molecule has 1 spiro atoms. The maximum atomic E-state index is 13.1. The Morgan fingerprint density at radius 2 is 1.89 bits per heavy atom. The lowest BCUT2D eigenvalue weighted by atomic mass is 9.78. The van der Waals surface area contributed by atoms with Crippen LogP contribution in [0.4, 0.5) is 5.69 Å². The smallest absolute Gasteiger partial charge is 0.235 e. The van der Waals surface area contributed by atoms with Crippen molar-refractivity contribution in [2.45, 2.75) is 39.7 Å². The molecule has 7 nitrogen and oxygen atoms in total. The van der Waals surface area contributed by atoms with Gasteiger partial charge in [-0.05, 0) is 78.8 Å². The van der Waals surface area contributed by atoms with Crippen LogP contribution < -0.4 is 10.6 Å². The standard InChI is InChI=1S/C30H27N5O2/c1-4-5-6-21-17(3)31-29(37)30(21)12-18-9-22-23(10-19(18)13-30)33-26(32-22)15-35-14-20-11-27(36)34-24-7-16(2)8-25(35)28(20)24/h4-10,14H,1,11-13,15H2,2-3H3,(H,31,37)(H,32,33)(H,34,36)/b6-5-. The number of carbonyl (C=O) groups excluding carboxylic acids is 2. The van der Waals surface area contributed by atoms with Gasteiger partial charge in [0.1, 0.15) is 5.82 Å². The number of rotatable bonds is 4. The molecule has 184 valence electrons. The van der Waals surface area contributed by atoms with Crippen LogP contribution in [0.25, 0.3) is 21.9 Å². The minimum Gasteiger partial charge on any atom is -0.340 e. The molecule has 4 aromatic rings. The summed E-state index contributed by atoms with van der Waals surface area (Å²) in [6.07, 6.45) is 9.45. The van der Waals surface area contributed by atoms with Crippen LogP contribution in [0.2, 0.25) is 0 Å². The van der Waals surface area contributed by atoms with Gasteiger partial charge in [0.05, 0.1) is 40.6 Å². The van der Waals surface area contributed by atoms with E-state index in [-0.39, 0.29) is 11.8 Å². The molecule has 0 bridgehead atoms. The summed E-state index contributed by atoms with van der Waals surface area (Å²) in [5, 5.41) is 7.18. The molecule has 7 heteroatoms. The zero-order valence-electron chi connectivity index (χ0n) is 20.9. The Labute approximate surface area is 214 Å². The molecule has 2 aliphatic heterocycles. The van der Waals surface area contributed by atoms with E-state index in [4.69, 9.17) is 4.98 Å². The highest BCUT2D eigenvalue weighted by Gasteiger charge is 2.50. The second kappa shape index (κ2) is 7.56. The molecule has 0 radical (unpaired) electrons. The van der Waals surface area contributed by atoms with E-state index in [0.29, 0.717) is 25.8 Å². The monoisotopic (exact) mass is 489 g/mol. The number of nitrogens with zero attached hydrogens (tertiary/aromatic N) is 2. The number of anilines is 1. The Morgan fingerprint density at radius 3 is 2.70 bits per heavy atom. The minimum absolute atomic E-state index is 0.0253. The third-order valence-electron chi connectivity index (χ3n) is 8.04. The number of hydrogen-bond acceptors (Lipinski definition) is 3. The molecule has 4 heterocycles. The highest BCUT2D eigenvalue weighted by atomic mass is 16.2. The van der Waals surface area contributed by atoms with Gasteiger partial charge in [-0.3, -0.25) is 9.59 Å². The topological polar surface area (TPSA) is 91.8 Å². The van der Waals surface area contributed by atoms with E-state index in [1.54, 1.807) is 6.08 Å². The summed E-state index contributed by atoms with van der Waals surface area (Å²) < 4.78 is 2.18. The number of fused-ring (bicyclic) bond motifs is 2. The Kier molecular flexibility index (Phi) is 4.46. The fraction of sp³-hybridized carbons (Fsp3) is 0.233. The molecule has 2 amide bonds. The van der Waals surface area contributed by atoms with Crippen LogP contribution in [-0.2, 0) is 35.4 Å². The normalized spacial score (nSPS) is 17.9. The van der Waals surface area contributed by atoms with Crippen molar-refractivity contribution < 1.29 is 9.59 Å². The van der Waals surface area contributed by atoms with Crippen LogP contribution in [0.3, 0.4) is 0 Å². The first kappa shape index (κ1) is 21.9. The van der Waals surface area contributed by atoms with Crippen molar-refractivity contribution in [2.75, 3.05) is 5.32 Å². The molecule has 3 aliphatic rings.